The van der Waals surface area contributed by atoms with Gasteiger partial charge in [0.1, 0.15) is 17.1 Å². The summed E-state index contributed by atoms with van der Waals surface area (Å²) in [5.41, 5.74) is 0.255. The minimum atomic E-state index is -0.489. The van der Waals surface area contributed by atoms with Gasteiger partial charge in [0.15, 0.2) is 0 Å². The summed E-state index contributed by atoms with van der Waals surface area (Å²) in [6.45, 7) is 5.57. The Labute approximate surface area is 164 Å². The molecule has 3 rings (SSSR count). The van der Waals surface area contributed by atoms with Gasteiger partial charge in [0.25, 0.3) is 0 Å². The third kappa shape index (κ3) is 5.37. The van der Waals surface area contributed by atoms with Crippen molar-refractivity contribution >= 4 is 6.09 Å². The number of amides is 1. The topological polar surface area (TPSA) is 95.7 Å². The molecule has 1 aliphatic rings. The van der Waals surface area contributed by atoms with Crippen molar-refractivity contribution in [2.45, 2.75) is 64.2 Å². The second-order valence-electron chi connectivity index (χ2n) is 7.85. The van der Waals surface area contributed by atoms with E-state index >= 15 is 0 Å². The number of nitrogens with zero attached hydrogens (tertiary/aromatic N) is 2. The van der Waals surface area contributed by atoms with E-state index in [-0.39, 0.29) is 18.2 Å². The molecule has 2 aromatic rings. The molecule has 8 heteroatoms. The van der Waals surface area contributed by atoms with Crippen molar-refractivity contribution in [1.29, 1.82) is 0 Å². The molecule has 0 aliphatic heterocycles. The fraction of sp³-hybridized carbons (Fsp3) is 0.550. The predicted molar refractivity (Wildman–Crippen MR) is 102 cm³/mol. The average molecular weight is 389 g/mol. The van der Waals surface area contributed by atoms with Crippen molar-refractivity contribution in [2.75, 3.05) is 7.11 Å². The van der Waals surface area contributed by atoms with Crippen LogP contribution in [0.15, 0.2) is 29.1 Å². The molecule has 1 aromatic carbocycles. The smallest absolute Gasteiger partial charge is 0.407 e. The Balaban J connectivity index is 1.53. The monoisotopic (exact) mass is 389 g/mol. The van der Waals surface area contributed by atoms with Gasteiger partial charge < -0.3 is 24.1 Å². The van der Waals surface area contributed by atoms with Gasteiger partial charge in [0.05, 0.1) is 18.8 Å². The van der Waals surface area contributed by atoms with Crippen molar-refractivity contribution in [3.63, 3.8) is 0 Å². The zero-order valence-corrected chi connectivity index (χ0v) is 16.7. The molecule has 1 heterocycles. The number of hydrogen-bond donors (Lipinski definition) is 1. The van der Waals surface area contributed by atoms with Crippen LogP contribution in [-0.2, 0) is 4.74 Å². The van der Waals surface area contributed by atoms with Gasteiger partial charge in [0, 0.05) is 12.1 Å². The number of ether oxygens (including phenoxy) is 3. The predicted octanol–water partition coefficient (Wildman–Crippen LogP) is 3.96. The maximum absolute atomic E-state index is 11.9. The number of carbonyl (C=O) groups is 1. The minimum Gasteiger partial charge on any atom is -0.496 e. The Bertz CT molecular complexity index is 778. The molecule has 8 nitrogen and oxygen atoms in total. The van der Waals surface area contributed by atoms with Crippen LogP contribution in [0.5, 0.6) is 11.5 Å². The normalized spacial score (nSPS) is 19.7. The third-order valence-electron chi connectivity index (χ3n) is 4.47. The number of nitrogens with one attached hydrogen (secondary N) is 1. The zero-order valence-electron chi connectivity index (χ0n) is 16.7. The summed E-state index contributed by atoms with van der Waals surface area (Å²) in [6, 6.07) is 5.68. The summed E-state index contributed by atoms with van der Waals surface area (Å²) in [5, 5.41) is 6.78. The van der Waals surface area contributed by atoms with Gasteiger partial charge in [-0.25, -0.2) is 4.79 Å². The molecular formula is C20H27N3O5. The van der Waals surface area contributed by atoms with Crippen LogP contribution in [0, 0.1) is 0 Å². The lowest BCUT2D eigenvalue weighted by Crippen LogP contribution is -2.42. The van der Waals surface area contributed by atoms with E-state index in [1.54, 1.807) is 7.11 Å². The van der Waals surface area contributed by atoms with Crippen molar-refractivity contribution in [3.8, 4) is 22.9 Å². The quantitative estimate of drug-likeness (QED) is 0.827. The van der Waals surface area contributed by atoms with E-state index in [2.05, 4.69) is 15.5 Å². The van der Waals surface area contributed by atoms with Gasteiger partial charge in [0.2, 0.25) is 12.2 Å². The lowest BCUT2D eigenvalue weighted by molar-refractivity contribution is 0.0471. The SMILES string of the molecule is COc1cc(OC2CCC(NC(=O)OC(C)(C)C)CC2)ccc1-c1ncon1. The molecule has 0 spiro atoms. The van der Waals surface area contributed by atoms with Crippen LogP contribution in [0.4, 0.5) is 4.79 Å². The Hall–Kier alpha value is -2.77. The molecule has 1 aliphatic carbocycles. The summed E-state index contributed by atoms with van der Waals surface area (Å²) in [5.74, 6) is 1.82. The van der Waals surface area contributed by atoms with E-state index in [0.29, 0.717) is 11.6 Å². The molecule has 1 N–H and O–H groups in total. The summed E-state index contributed by atoms with van der Waals surface area (Å²) in [7, 11) is 1.59. The van der Waals surface area contributed by atoms with E-state index < -0.39 is 5.60 Å². The number of rotatable bonds is 5. The number of alkyl carbamates (subject to hydrolysis) is 1. The lowest BCUT2D eigenvalue weighted by atomic mass is 9.93. The number of aromatic nitrogens is 2. The molecule has 1 fully saturated rings. The largest absolute Gasteiger partial charge is 0.496 e. The van der Waals surface area contributed by atoms with Crippen LogP contribution in [0.25, 0.3) is 11.4 Å². The van der Waals surface area contributed by atoms with Crippen molar-refractivity contribution in [1.82, 2.24) is 15.5 Å². The second-order valence-corrected chi connectivity index (χ2v) is 7.85. The highest BCUT2D eigenvalue weighted by Crippen LogP contribution is 2.33. The lowest BCUT2D eigenvalue weighted by Gasteiger charge is -2.30. The van der Waals surface area contributed by atoms with E-state index in [9.17, 15) is 4.79 Å². The van der Waals surface area contributed by atoms with Crippen molar-refractivity contribution < 1.29 is 23.5 Å². The van der Waals surface area contributed by atoms with Gasteiger partial charge in [-0.3, -0.25) is 0 Å². The van der Waals surface area contributed by atoms with Gasteiger partial charge in [-0.2, -0.15) is 4.98 Å². The Kier molecular flexibility index (Phi) is 6.06. The number of benzene rings is 1. The molecule has 152 valence electrons. The van der Waals surface area contributed by atoms with Crippen LogP contribution in [0.2, 0.25) is 0 Å². The molecule has 0 atom stereocenters. The first-order valence-corrected chi connectivity index (χ1v) is 9.45. The molecule has 0 radical (unpaired) electrons. The Morgan fingerprint density at radius 3 is 2.57 bits per heavy atom. The molecule has 0 saturated heterocycles. The zero-order chi connectivity index (χ0) is 20.1. The number of carbonyl (C=O) groups excluding carboxylic acids is 1. The van der Waals surface area contributed by atoms with Crippen LogP contribution >= 0.6 is 0 Å². The fourth-order valence-corrected chi connectivity index (χ4v) is 3.21. The number of methoxy groups -OCH3 is 1. The first kappa shape index (κ1) is 20.0. The molecule has 0 bridgehead atoms. The van der Waals surface area contributed by atoms with Crippen molar-refractivity contribution in [2.24, 2.45) is 0 Å². The van der Waals surface area contributed by atoms with Gasteiger partial charge in [-0.1, -0.05) is 5.16 Å². The highest BCUT2D eigenvalue weighted by atomic mass is 16.6. The van der Waals surface area contributed by atoms with Crippen LogP contribution in [0.1, 0.15) is 46.5 Å². The van der Waals surface area contributed by atoms with Crippen LogP contribution < -0.4 is 14.8 Å². The highest BCUT2D eigenvalue weighted by Gasteiger charge is 2.26. The highest BCUT2D eigenvalue weighted by molar-refractivity contribution is 5.68. The van der Waals surface area contributed by atoms with Gasteiger partial charge in [-0.05, 0) is 58.6 Å². The molecular weight excluding hydrogens is 362 g/mol. The fourth-order valence-electron chi connectivity index (χ4n) is 3.21. The van der Waals surface area contributed by atoms with Crippen LogP contribution in [0.3, 0.4) is 0 Å². The van der Waals surface area contributed by atoms with Gasteiger partial charge in [-0.15, -0.1) is 0 Å². The molecule has 1 amide bonds. The van der Waals surface area contributed by atoms with E-state index in [0.717, 1.165) is 37.0 Å². The third-order valence-corrected chi connectivity index (χ3v) is 4.47. The molecule has 0 unspecified atom stereocenters. The minimum absolute atomic E-state index is 0.0948. The maximum Gasteiger partial charge on any atom is 0.407 e. The summed E-state index contributed by atoms with van der Waals surface area (Å²) < 4.78 is 21.7. The van der Waals surface area contributed by atoms with E-state index in [1.165, 1.54) is 6.39 Å². The standard InChI is InChI=1S/C20H27N3O5/c1-20(2,3)28-19(24)22-13-5-7-14(8-6-13)27-15-9-10-16(17(11-15)25-4)18-21-12-26-23-18/h9-14H,5-8H2,1-4H3,(H,22,24). The Morgan fingerprint density at radius 1 is 1.21 bits per heavy atom. The summed E-state index contributed by atoms with van der Waals surface area (Å²) >= 11 is 0. The van der Waals surface area contributed by atoms with E-state index in [4.69, 9.17) is 18.7 Å². The van der Waals surface area contributed by atoms with Gasteiger partial charge >= 0.3 is 6.09 Å². The van der Waals surface area contributed by atoms with Crippen molar-refractivity contribution in [3.05, 3.63) is 24.6 Å². The Morgan fingerprint density at radius 2 is 1.96 bits per heavy atom. The maximum atomic E-state index is 11.9. The summed E-state index contributed by atoms with van der Waals surface area (Å²) in [6.07, 6.45) is 4.42. The molecule has 1 aromatic heterocycles. The first-order chi connectivity index (χ1) is 13.3. The van der Waals surface area contributed by atoms with E-state index in [1.807, 2.05) is 39.0 Å². The summed E-state index contributed by atoms with van der Waals surface area (Å²) in [4.78, 5) is 16.0. The molecule has 28 heavy (non-hydrogen) atoms. The number of hydrogen-bond acceptors (Lipinski definition) is 7. The second kappa shape index (κ2) is 8.50. The average Bonchev–Trinajstić information content (AvgIpc) is 3.16. The van der Waals surface area contributed by atoms with Crippen LogP contribution in [-0.4, -0.2) is 41.1 Å². The first-order valence-electron chi connectivity index (χ1n) is 9.45. The molecule has 1 saturated carbocycles.